The Balaban J connectivity index is 1.99. The molecule has 3 N–H and O–H groups in total. The van der Waals surface area contributed by atoms with Gasteiger partial charge in [-0.2, -0.15) is 0 Å². The number of carbonyl (C=O) groups is 3. The van der Waals surface area contributed by atoms with Gasteiger partial charge in [0.05, 0.1) is 6.42 Å². The van der Waals surface area contributed by atoms with E-state index in [1.807, 2.05) is 0 Å². The molecule has 0 spiro atoms. The van der Waals surface area contributed by atoms with Crippen molar-refractivity contribution in [2.45, 2.75) is 31.8 Å². The highest BCUT2D eigenvalue weighted by Gasteiger charge is 2.25. The molecule has 0 aromatic heterocycles. The summed E-state index contributed by atoms with van der Waals surface area (Å²) in [5.74, 6) is -3.14. The number of hydrogen-bond donors (Lipinski definition) is 3. The Morgan fingerprint density at radius 1 is 0.969 bits per heavy atom. The second-order valence-electron chi connectivity index (χ2n) is 7.23. The van der Waals surface area contributed by atoms with Crippen molar-refractivity contribution in [2.75, 3.05) is 20.3 Å². The second-order valence-corrected chi connectivity index (χ2v) is 7.23. The van der Waals surface area contributed by atoms with Crippen molar-refractivity contribution in [3.05, 3.63) is 71.3 Å². The number of halogens is 2. The summed E-state index contributed by atoms with van der Waals surface area (Å²) < 4.78 is 31.6. The molecule has 1 unspecified atom stereocenters. The highest BCUT2D eigenvalue weighted by atomic mass is 19.1. The minimum Gasteiger partial charge on any atom is -0.385 e. The van der Waals surface area contributed by atoms with E-state index in [2.05, 4.69) is 16.0 Å². The van der Waals surface area contributed by atoms with Gasteiger partial charge in [-0.1, -0.05) is 30.3 Å². The minimum absolute atomic E-state index is 0.144. The van der Waals surface area contributed by atoms with Crippen molar-refractivity contribution >= 4 is 17.7 Å². The van der Waals surface area contributed by atoms with E-state index in [1.165, 1.54) is 6.92 Å². The summed E-state index contributed by atoms with van der Waals surface area (Å²) in [5, 5.41) is 7.88. The SMILES string of the molecule is COCCCNC(=O)[C@@H](NC(=O)C(C)NC(=O)Cc1cc(F)cc(F)c1)c1ccccc1. The average molecular weight is 447 g/mol. The van der Waals surface area contributed by atoms with E-state index in [-0.39, 0.29) is 12.0 Å². The van der Waals surface area contributed by atoms with Crippen LogP contribution in [0.25, 0.3) is 0 Å². The van der Waals surface area contributed by atoms with Gasteiger partial charge in [-0.15, -0.1) is 0 Å². The van der Waals surface area contributed by atoms with Crippen molar-refractivity contribution in [3.8, 4) is 0 Å². The molecule has 9 heteroatoms. The molecule has 7 nitrogen and oxygen atoms in total. The van der Waals surface area contributed by atoms with E-state index in [0.717, 1.165) is 12.1 Å². The van der Waals surface area contributed by atoms with Crippen LogP contribution in [0.2, 0.25) is 0 Å². The Bertz CT molecular complexity index is 904. The first-order valence-corrected chi connectivity index (χ1v) is 10.2. The van der Waals surface area contributed by atoms with Crippen molar-refractivity contribution < 1.29 is 27.9 Å². The molecule has 0 saturated carbocycles. The number of rotatable bonds is 11. The smallest absolute Gasteiger partial charge is 0.247 e. The van der Waals surface area contributed by atoms with Gasteiger partial charge < -0.3 is 20.7 Å². The molecule has 172 valence electrons. The standard InChI is InChI=1S/C23H27F2N3O4/c1-15(27-20(29)13-16-11-18(24)14-19(25)12-16)22(30)28-21(17-7-4-3-5-8-17)23(31)26-9-6-10-32-2/h3-5,7-8,11-12,14-15,21H,6,9-10,13H2,1-2H3,(H,26,31)(H,27,29)(H,28,30)/t15?,21-/m0/s1. The van der Waals surface area contributed by atoms with Crippen LogP contribution >= 0.6 is 0 Å². The van der Waals surface area contributed by atoms with Gasteiger partial charge in [-0.05, 0) is 36.6 Å². The summed E-state index contributed by atoms with van der Waals surface area (Å²) in [6.07, 6.45) is 0.319. The van der Waals surface area contributed by atoms with Crippen LogP contribution in [-0.4, -0.2) is 44.0 Å². The Labute approximate surface area is 185 Å². The van der Waals surface area contributed by atoms with Gasteiger partial charge in [0.25, 0.3) is 0 Å². The predicted octanol–water partition coefficient (Wildman–Crippen LogP) is 2.02. The van der Waals surface area contributed by atoms with Gasteiger partial charge in [0.2, 0.25) is 17.7 Å². The first-order chi connectivity index (χ1) is 15.3. The van der Waals surface area contributed by atoms with Gasteiger partial charge in [-0.3, -0.25) is 14.4 Å². The van der Waals surface area contributed by atoms with E-state index in [4.69, 9.17) is 4.74 Å². The lowest BCUT2D eigenvalue weighted by molar-refractivity contribution is -0.131. The number of methoxy groups -OCH3 is 1. The van der Waals surface area contributed by atoms with Gasteiger partial charge in [0.1, 0.15) is 23.7 Å². The molecule has 0 fully saturated rings. The Hall–Kier alpha value is -3.33. The quantitative estimate of drug-likeness (QED) is 0.459. The minimum atomic E-state index is -0.978. The molecule has 0 saturated heterocycles. The molecular formula is C23H27F2N3O4. The zero-order chi connectivity index (χ0) is 23.5. The normalized spacial score (nSPS) is 12.5. The zero-order valence-electron chi connectivity index (χ0n) is 18.0. The Kier molecular flexibility index (Phi) is 9.75. The number of benzene rings is 2. The van der Waals surface area contributed by atoms with Gasteiger partial charge in [-0.25, -0.2) is 8.78 Å². The maximum absolute atomic E-state index is 13.3. The lowest BCUT2D eigenvalue weighted by Crippen LogP contribution is -2.49. The Morgan fingerprint density at radius 3 is 2.25 bits per heavy atom. The monoisotopic (exact) mass is 447 g/mol. The zero-order valence-corrected chi connectivity index (χ0v) is 18.0. The van der Waals surface area contributed by atoms with Gasteiger partial charge in [0.15, 0.2) is 0 Å². The number of amides is 3. The molecule has 0 aliphatic heterocycles. The van der Waals surface area contributed by atoms with Crippen molar-refractivity contribution in [1.29, 1.82) is 0 Å². The number of ether oxygens (including phenoxy) is 1. The maximum atomic E-state index is 13.3. The van der Waals surface area contributed by atoms with Crippen molar-refractivity contribution in [2.24, 2.45) is 0 Å². The van der Waals surface area contributed by atoms with Gasteiger partial charge >= 0.3 is 0 Å². The van der Waals surface area contributed by atoms with Crippen LogP contribution in [0.15, 0.2) is 48.5 Å². The largest absolute Gasteiger partial charge is 0.385 e. The third kappa shape index (κ3) is 8.07. The molecule has 0 aliphatic carbocycles. The molecule has 0 aliphatic rings. The van der Waals surface area contributed by atoms with E-state index in [0.29, 0.717) is 31.2 Å². The first kappa shape index (κ1) is 24.9. The molecular weight excluding hydrogens is 420 g/mol. The van der Waals surface area contributed by atoms with Crippen LogP contribution in [0.4, 0.5) is 8.78 Å². The maximum Gasteiger partial charge on any atom is 0.247 e. The highest BCUT2D eigenvalue weighted by Crippen LogP contribution is 2.13. The number of hydrogen-bond acceptors (Lipinski definition) is 4. The summed E-state index contributed by atoms with van der Waals surface area (Å²) >= 11 is 0. The van der Waals surface area contributed by atoms with Gasteiger partial charge in [0, 0.05) is 26.3 Å². The third-order valence-corrected chi connectivity index (χ3v) is 4.56. The topological polar surface area (TPSA) is 96.5 Å². The molecule has 0 bridgehead atoms. The lowest BCUT2D eigenvalue weighted by atomic mass is 10.1. The van der Waals surface area contributed by atoms with Crippen LogP contribution in [0.3, 0.4) is 0 Å². The molecule has 0 radical (unpaired) electrons. The molecule has 2 atom stereocenters. The van der Waals surface area contributed by atoms with Crippen LogP contribution in [0.5, 0.6) is 0 Å². The molecule has 2 aromatic rings. The molecule has 3 amide bonds. The number of carbonyl (C=O) groups excluding carboxylic acids is 3. The fourth-order valence-electron chi connectivity index (χ4n) is 3.00. The van der Waals surface area contributed by atoms with E-state index in [9.17, 15) is 23.2 Å². The number of nitrogens with one attached hydrogen (secondary N) is 3. The van der Waals surface area contributed by atoms with Crippen LogP contribution in [0.1, 0.15) is 30.5 Å². The van der Waals surface area contributed by atoms with E-state index < -0.39 is 41.4 Å². The summed E-state index contributed by atoms with van der Waals surface area (Å²) in [7, 11) is 1.56. The highest BCUT2D eigenvalue weighted by molar-refractivity contribution is 5.92. The first-order valence-electron chi connectivity index (χ1n) is 10.2. The van der Waals surface area contributed by atoms with Crippen LogP contribution in [0, 0.1) is 11.6 Å². The van der Waals surface area contributed by atoms with E-state index in [1.54, 1.807) is 37.4 Å². The van der Waals surface area contributed by atoms with Crippen LogP contribution in [-0.2, 0) is 25.5 Å². The fourth-order valence-corrected chi connectivity index (χ4v) is 3.00. The van der Waals surface area contributed by atoms with Crippen LogP contribution < -0.4 is 16.0 Å². The summed E-state index contributed by atoms with van der Waals surface area (Å²) in [5.41, 5.74) is 0.726. The lowest BCUT2D eigenvalue weighted by Gasteiger charge is -2.21. The average Bonchev–Trinajstić information content (AvgIpc) is 2.74. The Morgan fingerprint density at radius 2 is 1.62 bits per heavy atom. The van der Waals surface area contributed by atoms with Crippen molar-refractivity contribution in [3.63, 3.8) is 0 Å². The second kappa shape index (κ2) is 12.5. The molecule has 2 aromatic carbocycles. The fraction of sp³-hybridized carbons (Fsp3) is 0.348. The molecule has 2 rings (SSSR count). The summed E-state index contributed by atoms with van der Waals surface area (Å²) in [6, 6.07) is 9.57. The predicted molar refractivity (Wildman–Crippen MR) is 114 cm³/mol. The molecule has 0 heterocycles. The van der Waals surface area contributed by atoms with E-state index >= 15 is 0 Å². The summed E-state index contributed by atoms with van der Waals surface area (Å²) in [4.78, 5) is 37.5. The molecule has 32 heavy (non-hydrogen) atoms. The van der Waals surface area contributed by atoms with Crippen molar-refractivity contribution in [1.82, 2.24) is 16.0 Å². The summed E-state index contributed by atoms with van der Waals surface area (Å²) in [6.45, 7) is 2.32. The third-order valence-electron chi connectivity index (χ3n) is 4.56.